The molecule has 15 heavy (non-hydrogen) atoms. The van der Waals surface area contributed by atoms with Gasteiger partial charge in [-0.25, -0.2) is 0 Å². The summed E-state index contributed by atoms with van der Waals surface area (Å²) in [7, 11) is 1.90. The molecule has 0 fully saturated rings. The van der Waals surface area contributed by atoms with Crippen LogP contribution in [0.15, 0.2) is 40.5 Å². The molecule has 2 aromatic rings. The van der Waals surface area contributed by atoms with Gasteiger partial charge in [0.1, 0.15) is 0 Å². The van der Waals surface area contributed by atoms with Crippen LogP contribution in [0.5, 0.6) is 0 Å². The Labute approximate surface area is 92.5 Å². The van der Waals surface area contributed by atoms with E-state index in [1.54, 1.807) is 22.6 Å². The zero-order valence-electron chi connectivity index (χ0n) is 8.42. The maximum Gasteiger partial charge on any atom is 0.0678 e. The van der Waals surface area contributed by atoms with Gasteiger partial charge in [-0.05, 0) is 12.1 Å². The summed E-state index contributed by atoms with van der Waals surface area (Å²) in [4.78, 5) is 6.42. The minimum Gasteiger partial charge on any atom is -0.325 e. The molecule has 0 radical (unpaired) electrons. The van der Waals surface area contributed by atoms with Crippen molar-refractivity contribution in [3.63, 3.8) is 0 Å². The number of hydrogen-bond acceptors (Lipinski definition) is 4. The number of pyridine rings is 1. The fourth-order valence-electron chi connectivity index (χ4n) is 1.25. The van der Waals surface area contributed by atoms with Gasteiger partial charge < -0.3 is 5.73 Å². The second-order valence-electron chi connectivity index (χ2n) is 3.10. The summed E-state index contributed by atoms with van der Waals surface area (Å²) in [5, 5.41) is 4.11. The number of aromatic nitrogens is 3. The molecule has 0 spiro atoms. The Kier molecular flexibility index (Phi) is 3.03. The van der Waals surface area contributed by atoms with E-state index in [9.17, 15) is 0 Å². The van der Waals surface area contributed by atoms with Crippen molar-refractivity contribution in [2.24, 2.45) is 12.8 Å². The average Bonchev–Trinajstić information content (AvgIpc) is 2.65. The summed E-state index contributed by atoms with van der Waals surface area (Å²) in [5.41, 5.74) is 6.54. The quantitative estimate of drug-likeness (QED) is 0.850. The van der Waals surface area contributed by atoms with E-state index in [0.717, 1.165) is 15.5 Å². The SMILES string of the molecule is Cn1cc(Sc2cccnc2CN)cn1. The van der Waals surface area contributed by atoms with Crippen LogP contribution < -0.4 is 5.73 Å². The number of aryl methyl sites for hydroxylation is 1. The summed E-state index contributed by atoms with van der Waals surface area (Å²) in [5.74, 6) is 0. The summed E-state index contributed by atoms with van der Waals surface area (Å²) in [6, 6.07) is 3.94. The van der Waals surface area contributed by atoms with Crippen LogP contribution in [0.2, 0.25) is 0 Å². The number of nitrogens with zero attached hydrogens (tertiary/aromatic N) is 3. The molecular weight excluding hydrogens is 208 g/mol. The zero-order valence-corrected chi connectivity index (χ0v) is 9.24. The summed E-state index contributed by atoms with van der Waals surface area (Å²) < 4.78 is 1.78. The van der Waals surface area contributed by atoms with Crippen molar-refractivity contribution in [1.29, 1.82) is 0 Å². The lowest BCUT2D eigenvalue weighted by atomic mass is 10.3. The van der Waals surface area contributed by atoms with Crippen LogP contribution in [0.3, 0.4) is 0 Å². The van der Waals surface area contributed by atoms with Crippen LogP contribution in [0.1, 0.15) is 5.69 Å². The minimum absolute atomic E-state index is 0.462. The van der Waals surface area contributed by atoms with Crippen molar-refractivity contribution in [3.8, 4) is 0 Å². The summed E-state index contributed by atoms with van der Waals surface area (Å²) >= 11 is 1.63. The van der Waals surface area contributed by atoms with E-state index in [4.69, 9.17) is 5.73 Å². The highest BCUT2D eigenvalue weighted by molar-refractivity contribution is 7.99. The lowest BCUT2D eigenvalue weighted by molar-refractivity contribution is 0.766. The van der Waals surface area contributed by atoms with Crippen LogP contribution >= 0.6 is 11.8 Å². The molecule has 2 N–H and O–H groups in total. The normalized spacial score (nSPS) is 10.5. The first-order chi connectivity index (χ1) is 7.29. The second kappa shape index (κ2) is 4.46. The standard InChI is InChI=1S/C10H12N4S/c1-14-7-8(6-13-14)15-10-3-2-4-12-9(10)5-11/h2-4,6-7H,5,11H2,1H3. The van der Waals surface area contributed by atoms with Gasteiger partial charge in [0.25, 0.3) is 0 Å². The Bertz CT molecular complexity index is 452. The van der Waals surface area contributed by atoms with Gasteiger partial charge in [0.15, 0.2) is 0 Å². The number of nitrogens with two attached hydrogens (primary N) is 1. The predicted molar refractivity (Wildman–Crippen MR) is 59.5 cm³/mol. The van der Waals surface area contributed by atoms with E-state index in [1.807, 2.05) is 31.6 Å². The molecule has 2 heterocycles. The topological polar surface area (TPSA) is 56.7 Å². The second-order valence-corrected chi connectivity index (χ2v) is 4.22. The first-order valence-electron chi connectivity index (χ1n) is 4.60. The molecule has 5 heteroatoms. The summed E-state index contributed by atoms with van der Waals surface area (Å²) in [6.07, 6.45) is 5.56. The van der Waals surface area contributed by atoms with Crippen LogP contribution in [-0.2, 0) is 13.6 Å². The van der Waals surface area contributed by atoms with E-state index >= 15 is 0 Å². The van der Waals surface area contributed by atoms with E-state index < -0.39 is 0 Å². The molecule has 0 saturated heterocycles. The Balaban J connectivity index is 2.23. The molecular formula is C10H12N4S. The molecule has 0 saturated carbocycles. The van der Waals surface area contributed by atoms with Crippen molar-refractivity contribution < 1.29 is 0 Å². The maximum atomic E-state index is 5.61. The fraction of sp³-hybridized carbons (Fsp3) is 0.200. The maximum absolute atomic E-state index is 5.61. The van der Waals surface area contributed by atoms with Gasteiger partial charge in [-0.2, -0.15) is 5.10 Å². The molecule has 0 atom stereocenters. The van der Waals surface area contributed by atoms with Gasteiger partial charge in [0, 0.05) is 30.9 Å². The van der Waals surface area contributed by atoms with Gasteiger partial charge in [-0.3, -0.25) is 9.67 Å². The average molecular weight is 220 g/mol. The fourth-order valence-corrected chi connectivity index (χ4v) is 2.21. The highest BCUT2D eigenvalue weighted by Crippen LogP contribution is 2.28. The van der Waals surface area contributed by atoms with Crippen molar-refractivity contribution in [3.05, 3.63) is 36.4 Å². The molecule has 0 aliphatic carbocycles. The minimum atomic E-state index is 0.462. The summed E-state index contributed by atoms with van der Waals surface area (Å²) in [6.45, 7) is 0.462. The lowest BCUT2D eigenvalue weighted by Gasteiger charge is -2.03. The molecule has 0 unspecified atom stereocenters. The highest BCUT2D eigenvalue weighted by atomic mass is 32.2. The third-order valence-corrected chi connectivity index (χ3v) is 2.99. The highest BCUT2D eigenvalue weighted by Gasteiger charge is 2.04. The molecule has 0 aromatic carbocycles. The molecule has 4 nitrogen and oxygen atoms in total. The van der Waals surface area contributed by atoms with Gasteiger partial charge in [0.05, 0.1) is 16.8 Å². The largest absolute Gasteiger partial charge is 0.325 e. The van der Waals surface area contributed by atoms with Crippen molar-refractivity contribution >= 4 is 11.8 Å². The van der Waals surface area contributed by atoms with Crippen LogP contribution in [0.25, 0.3) is 0 Å². The van der Waals surface area contributed by atoms with Gasteiger partial charge in [-0.1, -0.05) is 11.8 Å². The van der Waals surface area contributed by atoms with Crippen LogP contribution in [0, 0.1) is 0 Å². The van der Waals surface area contributed by atoms with Gasteiger partial charge >= 0.3 is 0 Å². The Hall–Kier alpha value is -1.33. The third kappa shape index (κ3) is 2.37. The van der Waals surface area contributed by atoms with Crippen molar-refractivity contribution in [2.75, 3.05) is 0 Å². The monoisotopic (exact) mass is 220 g/mol. The lowest BCUT2D eigenvalue weighted by Crippen LogP contribution is -2.00. The molecule has 0 aliphatic heterocycles. The van der Waals surface area contributed by atoms with Crippen LogP contribution in [-0.4, -0.2) is 14.8 Å². The van der Waals surface area contributed by atoms with Gasteiger partial charge in [0.2, 0.25) is 0 Å². The predicted octanol–water partition coefficient (Wildman–Crippen LogP) is 1.42. The first kappa shape index (κ1) is 10.2. The van der Waals surface area contributed by atoms with Crippen LogP contribution in [0.4, 0.5) is 0 Å². The molecule has 2 aromatic heterocycles. The van der Waals surface area contributed by atoms with Crippen molar-refractivity contribution in [1.82, 2.24) is 14.8 Å². The van der Waals surface area contributed by atoms with E-state index in [0.29, 0.717) is 6.54 Å². The molecule has 78 valence electrons. The third-order valence-electron chi connectivity index (χ3n) is 1.95. The number of hydrogen-bond donors (Lipinski definition) is 1. The number of rotatable bonds is 3. The molecule has 0 amide bonds. The molecule has 0 bridgehead atoms. The van der Waals surface area contributed by atoms with E-state index in [2.05, 4.69) is 10.1 Å². The molecule has 2 rings (SSSR count). The van der Waals surface area contributed by atoms with E-state index in [1.165, 1.54) is 0 Å². The van der Waals surface area contributed by atoms with Crippen molar-refractivity contribution in [2.45, 2.75) is 16.3 Å². The van der Waals surface area contributed by atoms with E-state index in [-0.39, 0.29) is 0 Å². The molecule has 0 aliphatic rings. The Morgan fingerprint density at radius 1 is 1.53 bits per heavy atom. The van der Waals surface area contributed by atoms with Gasteiger partial charge in [-0.15, -0.1) is 0 Å². The zero-order chi connectivity index (χ0) is 10.7. The Morgan fingerprint density at radius 2 is 2.40 bits per heavy atom. The Morgan fingerprint density at radius 3 is 3.07 bits per heavy atom. The first-order valence-corrected chi connectivity index (χ1v) is 5.41. The smallest absolute Gasteiger partial charge is 0.0678 e.